The third-order valence-corrected chi connectivity index (χ3v) is 2.62. The Morgan fingerprint density at radius 1 is 0.938 bits per heavy atom. The molecule has 0 heterocycles. The second-order valence-electron chi connectivity index (χ2n) is 3.89. The van der Waals surface area contributed by atoms with E-state index in [0.29, 0.717) is 0 Å². The molecule has 1 unspecified atom stereocenters. The fraction of sp³-hybridized carbons (Fsp3) is 0.143. The number of benzene rings is 2. The fourth-order valence-electron chi connectivity index (χ4n) is 1.70. The normalized spacial score (nSPS) is 12.3. The van der Waals surface area contributed by atoms with E-state index in [0.717, 1.165) is 17.5 Å². The Hall–Kier alpha value is -1.80. The van der Waals surface area contributed by atoms with E-state index in [1.54, 1.807) is 12.1 Å². The Morgan fingerprint density at radius 2 is 1.56 bits per heavy atom. The molecule has 16 heavy (non-hydrogen) atoms. The third-order valence-electron chi connectivity index (χ3n) is 2.62. The van der Waals surface area contributed by atoms with Crippen LogP contribution in [0.5, 0.6) is 5.75 Å². The summed E-state index contributed by atoms with van der Waals surface area (Å²) >= 11 is 0. The molecule has 0 saturated carbocycles. The minimum absolute atomic E-state index is 0.00532. The second-order valence-corrected chi connectivity index (χ2v) is 3.89. The summed E-state index contributed by atoms with van der Waals surface area (Å²) in [5.74, 6) is 0.289. The van der Waals surface area contributed by atoms with Crippen LogP contribution in [0.4, 0.5) is 0 Å². The van der Waals surface area contributed by atoms with E-state index in [2.05, 4.69) is 0 Å². The van der Waals surface area contributed by atoms with Gasteiger partial charge in [-0.3, -0.25) is 0 Å². The molecule has 0 aliphatic carbocycles. The van der Waals surface area contributed by atoms with E-state index in [1.165, 1.54) is 0 Å². The molecule has 2 heteroatoms. The third kappa shape index (κ3) is 2.61. The molecule has 2 aromatic rings. The summed E-state index contributed by atoms with van der Waals surface area (Å²) in [7, 11) is 0. The first kappa shape index (κ1) is 10.7. The van der Waals surface area contributed by atoms with E-state index in [4.69, 9.17) is 5.73 Å². The lowest BCUT2D eigenvalue weighted by Gasteiger charge is -2.11. The monoisotopic (exact) mass is 213 g/mol. The maximum absolute atomic E-state index is 9.18. The first-order chi connectivity index (χ1) is 7.75. The molecule has 0 bridgehead atoms. The van der Waals surface area contributed by atoms with E-state index in [-0.39, 0.29) is 11.8 Å². The van der Waals surface area contributed by atoms with Gasteiger partial charge in [-0.25, -0.2) is 0 Å². The molecule has 0 aliphatic rings. The van der Waals surface area contributed by atoms with Gasteiger partial charge in [0.2, 0.25) is 0 Å². The predicted octanol–water partition coefficient (Wildman–Crippen LogP) is 2.63. The van der Waals surface area contributed by atoms with Crippen LogP contribution >= 0.6 is 0 Å². The molecule has 0 radical (unpaired) electrons. The number of phenols is 1. The number of hydrogen-bond acceptors (Lipinski definition) is 2. The summed E-state index contributed by atoms with van der Waals surface area (Å²) in [6, 6.07) is 17.2. The number of hydrogen-bond donors (Lipinski definition) is 2. The van der Waals surface area contributed by atoms with Crippen molar-refractivity contribution < 1.29 is 5.11 Å². The van der Waals surface area contributed by atoms with E-state index < -0.39 is 0 Å². The molecule has 0 aromatic heterocycles. The summed E-state index contributed by atoms with van der Waals surface area (Å²) in [5.41, 5.74) is 8.37. The van der Waals surface area contributed by atoms with Gasteiger partial charge >= 0.3 is 0 Å². The molecule has 2 rings (SSSR count). The highest BCUT2D eigenvalue weighted by Gasteiger charge is 2.06. The maximum Gasteiger partial charge on any atom is 0.115 e. The first-order valence-corrected chi connectivity index (χ1v) is 5.34. The summed E-state index contributed by atoms with van der Waals surface area (Å²) in [5, 5.41) is 9.18. The second kappa shape index (κ2) is 4.81. The van der Waals surface area contributed by atoms with Crippen LogP contribution in [0.25, 0.3) is 0 Å². The molecule has 82 valence electrons. The minimum Gasteiger partial charge on any atom is -0.508 e. The van der Waals surface area contributed by atoms with Crippen molar-refractivity contribution in [2.45, 2.75) is 12.5 Å². The van der Waals surface area contributed by atoms with Gasteiger partial charge in [-0.15, -0.1) is 0 Å². The molecule has 0 fully saturated rings. The van der Waals surface area contributed by atoms with Gasteiger partial charge in [0.15, 0.2) is 0 Å². The van der Waals surface area contributed by atoms with Crippen LogP contribution in [-0.2, 0) is 6.42 Å². The zero-order chi connectivity index (χ0) is 11.4. The quantitative estimate of drug-likeness (QED) is 0.823. The minimum atomic E-state index is 0.00532. The smallest absolute Gasteiger partial charge is 0.115 e. The van der Waals surface area contributed by atoms with Crippen LogP contribution in [0.1, 0.15) is 17.2 Å². The molecule has 0 aliphatic heterocycles. The molecule has 0 amide bonds. The van der Waals surface area contributed by atoms with Crippen LogP contribution in [0.2, 0.25) is 0 Å². The molecule has 1 atom stereocenters. The Bertz CT molecular complexity index is 436. The molecular weight excluding hydrogens is 198 g/mol. The zero-order valence-corrected chi connectivity index (χ0v) is 9.01. The molecule has 2 nitrogen and oxygen atoms in total. The van der Waals surface area contributed by atoms with Gasteiger partial charge < -0.3 is 10.8 Å². The van der Waals surface area contributed by atoms with Gasteiger partial charge in [0, 0.05) is 6.04 Å². The largest absolute Gasteiger partial charge is 0.508 e. The molecule has 2 aromatic carbocycles. The highest BCUT2D eigenvalue weighted by molar-refractivity contribution is 5.28. The average molecular weight is 213 g/mol. The van der Waals surface area contributed by atoms with Gasteiger partial charge in [-0.2, -0.15) is 0 Å². The van der Waals surface area contributed by atoms with Crippen molar-refractivity contribution in [1.29, 1.82) is 0 Å². The van der Waals surface area contributed by atoms with Crippen LogP contribution in [0.3, 0.4) is 0 Å². The maximum atomic E-state index is 9.18. The number of aromatic hydroxyl groups is 1. The summed E-state index contributed by atoms with van der Waals surface area (Å²) in [6.45, 7) is 0. The molecular formula is C14H15NO. The summed E-state index contributed by atoms with van der Waals surface area (Å²) < 4.78 is 0. The van der Waals surface area contributed by atoms with Crippen molar-refractivity contribution in [1.82, 2.24) is 0 Å². The van der Waals surface area contributed by atoms with Crippen molar-refractivity contribution >= 4 is 0 Å². The Labute approximate surface area is 95.4 Å². The molecule has 3 N–H and O–H groups in total. The molecule has 0 saturated heterocycles. The van der Waals surface area contributed by atoms with Crippen LogP contribution in [-0.4, -0.2) is 5.11 Å². The van der Waals surface area contributed by atoms with Gasteiger partial charge in [0.1, 0.15) is 5.75 Å². The Balaban J connectivity index is 2.08. The molecule has 0 spiro atoms. The topological polar surface area (TPSA) is 46.2 Å². The Morgan fingerprint density at radius 3 is 2.19 bits per heavy atom. The summed E-state index contributed by atoms with van der Waals surface area (Å²) in [4.78, 5) is 0. The van der Waals surface area contributed by atoms with Crippen molar-refractivity contribution in [3.63, 3.8) is 0 Å². The van der Waals surface area contributed by atoms with Gasteiger partial charge in [0.25, 0.3) is 0 Å². The van der Waals surface area contributed by atoms with Crippen LogP contribution in [0.15, 0.2) is 54.6 Å². The van der Waals surface area contributed by atoms with Crippen LogP contribution < -0.4 is 5.73 Å². The van der Waals surface area contributed by atoms with E-state index in [1.807, 2.05) is 42.5 Å². The highest BCUT2D eigenvalue weighted by atomic mass is 16.3. The van der Waals surface area contributed by atoms with Crippen molar-refractivity contribution in [3.05, 3.63) is 65.7 Å². The van der Waals surface area contributed by atoms with Gasteiger partial charge in [0.05, 0.1) is 0 Å². The first-order valence-electron chi connectivity index (χ1n) is 5.34. The van der Waals surface area contributed by atoms with Gasteiger partial charge in [-0.05, 0) is 29.7 Å². The van der Waals surface area contributed by atoms with Crippen molar-refractivity contribution in [3.8, 4) is 5.75 Å². The van der Waals surface area contributed by atoms with Crippen molar-refractivity contribution in [2.24, 2.45) is 5.73 Å². The average Bonchev–Trinajstić information content (AvgIpc) is 2.33. The standard InChI is InChI=1S/C14H15NO/c15-14(12-4-2-1-3-5-12)10-11-6-8-13(16)9-7-11/h1-9,14,16H,10,15H2. The highest BCUT2D eigenvalue weighted by Crippen LogP contribution is 2.17. The lowest BCUT2D eigenvalue weighted by atomic mass is 10.00. The Kier molecular flexibility index (Phi) is 3.22. The van der Waals surface area contributed by atoms with Crippen LogP contribution in [0, 0.1) is 0 Å². The SMILES string of the molecule is NC(Cc1ccc(O)cc1)c1ccccc1. The zero-order valence-electron chi connectivity index (χ0n) is 9.01. The fourth-order valence-corrected chi connectivity index (χ4v) is 1.70. The number of nitrogens with two attached hydrogens (primary N) is 1. The summed E-state index contributed by atoms with van der Waals surface area (Å²) in [6.07, 6.45) is 0.782. The van der Waals surface area contributed by atoms with E-state index >= 15 is 0 Å². The van der Waals surface area contributed by atoms with Crippen molar-refractivity contribution in [2.75, 3.05) is 0 Å². The number of phenolic OH excluding ortho intramolecular Hbond substituents is 1. The lowest BCUT2D eigenvalue weighted by Crippen LogP contribution is -2.12. The number of rotatable bonds is 3. The van der Waals surface area contributed by atoms with E-state index in [9.17, 15) is 5.11 Å². The van der Waals surface area contributed by atoms with Gasteiger partial charge in [-0.1, -0.05) is 42.5 Å². The lowest BCUT2D eigenvalue weighted by molar-refractivity contribution is 0.475. The predicted molar refractivity (Wildman–Crippen MR) is 65.2 cm³/mol.